The molecule has 0 spiro atoms. The van der Waals surface area contributed by atoms with Gasteiger partial charge in [-0.15, -0.1) is 0 Å². The summed E-state index contributed by atoms with van der Waals surface area (Å²) >= 11 is 8.83. The summed E-state index contributed by atoms with van der Waals surface area (Å²) in [5, 5.41) is 6.17. The Morgan fingerprint density at radius 1 is 1.00 bits per heavy atom. The molecule has 4 nitrogen and oxygen atoms in total. The zero-order valence-corrected chi connectivity index (χ0v) is 20.2. The van der Waals surface area contributed by atoms with E-state index in [4.69, 9.17) is 17.0 Å². The second kappa shape index (κ2) is 10.6. The number of anilines is 1. The lowest BCUT2D eigenvalue weighted by atomic mass is 10.1. The maximum Gasteiger partial charge on any atom is 0.261 e. The number of ether oxygens (including phenoxy) is 1. The molecule has 0 aliphatic rings. The highest BCUT2D eigenvalue weighted by molar-refractivity contribution is 9.10. The second-order valence-corrected chi connectivity index (χ2v) is 8.73. The Bertz CT molecular complexity index is 1080. The predicted octanol–water partition coefficient (Wildman–Crippen LogP) is 6.12. The van der Waals surface area contributed by atoms with E-state index in [0.717, 1.165) is 27.7 Å². The molecular formula is C25H25BrN2O2S. The molecule has 0 saturated carbocycles. The van der Waals surface area contributed by atoms with Crippen LogP contribution in [0.15, 0.2) is 65.1 Å². The van der Waals surface area contributed by atoms with Crippen LogP contribution in [0.3, 0.4) is 0 Å². The molecule has 0 aliphatic heterocycles. The number of halogens is 1. The van der Waals surface area contributed by atoms with Gasteiger partial charge >= 0.3 is 0 Å². The number of benzene rings is 3. The smallest absolute Gasteiger partial charge is 0.261 e. The highest BCUT2D eigenvalue weighted by atomic mass is 79.9. The Balaban J connectivity index is 1.68. The van der Waals surface area contributed by atoms with Crippen molar-refractivity contribution in [3.05, 3.63) is 93.0 Å². The SMILES string of the molecule is Cc1cc(C)c(NC(=S)NC(=O)c2cc(Br)ccc2OCCc2ccccc2)c(C)c1. The number of amides is 1. The zero-order valence-electron chi connectivity index (χ0n) is 17.8. The third kappa shape index (κ3) is 6.39. The maximum absolute atomic E-state index is 12.9. The third-order valence-electron chi connectivity index (χ3n) is 4.82. The highest BCUT2D eigenvalue weighted by Gasteiger charge is 2.16. The van der Waals surface area contributed by atoms with Crippen LogP contribution in [-0.4, -0.2) is 17.6 Å². The van der Waals surface area contributed by atoms with E-state index in [2.05, 4.69) is 57.8 Å². The molecule has 0 saturated heterocycles. The topological polar surface area (TPSA) is 50.4 Å². The summed E-state index contributed by atoms with van der Waals surface area (Å²) in [5.41, 5.74) is 5.83. The van der Waals surface area contributed by atoms with Crippen LogP contribution in [0.2, 0.25) is 0 Å². The monoisotopic (exact) mass is 496 g/mol. The number of nitrogens with one attached hydrogen (secondary N) is 2. The lowest BCUT2D eigenvalue weighted by Crippen LogP contribution is -2.34. The number of hydrogen-bond acceptors (Lipinski definition) is 3. The number of rotatable bonds is 6. The minimum Gasteiger partial charge on any atom is -0.492 e. The van der Waals surface area contributed by atoms with Crippen LogP contribution in [0.4, 0.5) is 5.69 Å². The minimum atomic E-state index is -0.323. The van der Waals surface area contributed by atoms with Gasteiger partial charge in [-0.2, -0.15) is 0 Å². The summed E-state index contributed by atoms with van der Waals surface area (Å²) in [7, 11) is 0. The van der Waals surface area contributed by atoms with Crippen LogP contribution in [-0.2, 0) is 6.42 Å². The molecule has 0 unspecified atom stereocenters. The van der Waals surface area contributed by atoms with Gasteiger partial charge in [-0.1, -0.05) is 64.0 Å². The van der Waals surface area contributed by atoms with E-state index < -0.39 is 0 Å². The van der Waals surface area contributed by atoms with Crippen molar-refractivity contribution in [1.82, 2.24) is 5.32 Å². The Hall–Kier alpha value is -2.70. The van der Waals surface area contributed by atoms with Gasteiger partial charge < -0.3 is 10.1 Å². The first kappa shape index (κ1) is 23.0. The van der Waals surface area contributed by atoms with Crippen molar-refractivity contribution >= 4 is 44.9 Å². The van der Waals surface area contributed by atoms with E-state index >= 15 is 0 Å². The number of aryl methyl sites for hydroxylation is 3. The van der Waals surface area contributed by atoms with Crippen LogP contribution in [0.5, 0.6) is 5.75 Å². The average Bonchev–Trinajstić information content (AvgIpc) is 2.72. The molecule has 0 fully saturated rings. The Morgan fingerprint density at radius 3 is 2.35 bits per heavy atom. The first-order chi connectivity index (χ1) is 14.8. The van der Waals surface area contributed by atoms with Crippen LogP contribution in [0, 0.1) is 20.8 Å². The summed E-state index contributed by atoms with van der Waals surface area (Å²) in [6.45, 7) is 6.55. The third-order valence-corrected chi connectivity index (χ3v) is 5.52. The van der Waals surface area contributed by atoms with Gasteiger partial charge in [0.2, 0.25) is 0 Å². The van der Waals surface area contributed by atoms with Crippen LogP contribution in [0.25, 0.3) is 0 Å². The van der Waals surface area contributed by atoms with E-state index in [1.54, 1.807) is 12.1 Å². The van der Waals surface area contributed by atoms with Crippen molar-refractivity contribution < 1.29 is 9.53 Å². The summed E-state index contributed by atoms with van der Waals surface area (Å²) < 4.78 is 6.71. The van der Waals surface area contributed by atoms with E-state index in [9.17, 15) is 4.79 Å². The minimum absolute atomic E-state index is 0.246. The van der Waals surface area contributed by atoms with Gasteiger partial charge in [-0.05, 0) is 67.9 Å². The zero-order chi connectivity index (χ0) is 22.4. The van der Waals surface area contributed by atoms with Gasteiger partial charge in [0.05, 0.1) is 12.2 Å². The van der Waals surface area contributed by atoms with E-state index in [0.29, 0.717) is 17.9 Å². The molecule has 160 valence electrons. The molecular weight excluding hydrogens is 472 g/mol. The summed E-state index contributed by atoms with van der Waals surface area (Å²) in [4.78, 5) is 12.9. The summed E-state index contributed by atoms with van der Waals surface area (Å²) in [6.07, 6.45) is 0.754. The van der Waals surface area contributed by atoms with Gasteiger partial charge in [0, 0.05) is 16.6 Å². The first-order valence-corrected chi connectivity index (χ1v) is 11.2. The number of hydrogen-bond donors (Lipinski definition) is 2. The second-order valence-electron chi connectivity index (χ2n) is 7.41. The number of carbonyl (C=O) groups is 1. The molecule has 0 atom stereocenters. The molecule has 0 aliphatic carbocycles. The van der Waals surface area contributed by atoms with E-state index in [1.807, 2.05) is 38.1 Å². The quantitative estimate of drug-likeness (QED) is 0.403. The molecule has 0 aromatic heterocycles. The van der Waals surface area contributed by atoms with Gasteiger partial charge in [0.25, 0.3) is 5.91 Å². The molecule has 3 aromatic rings. The fraction of sp³-hybridized carbons (Fsp3) is 0.200. The fourth-order valence-electron chi connectivity index (χ4n) is 3.42. The molecule has 0 bridgehead atoms. The van der Waals surface area contributed by atoms with Crippen molar-refractivity contribution in [2.45, 2.75) is 27.2 Å². The number of carbonyl (C=O) groups excluding carboxylic acids is 1. The Morgan fingerprint density at radius 2 is 1.68 bits per heavy atom. The Labute approximate surface area is 197 Å². The number of thiocarbonyl (C=S) groups is 1. The van der Waals surface area contributed by atoms with Crippen molar-refractivity contribution in [3.63, 3.8) is 0 Å². The lowest BCUT2D eigenvalue weighted by Gasteiger charge is -2.16. The van der Waals surface area contributed by atoms with Crippen molar-refractivity contribution in [2.24, 2.45) is 0 Å². The lowest BCUT2D eigenvalue weighted by molar-refractivity contribution is 0.0973. The Kier molecular flexibility index (Phi) is 7.82. The van der Waals surface area contributed by atoms with Crippen LogP contribution < -0.4 is 15.4 Å². The highest BCUT2D eigenvalue weighted by Crippen LogP contribution is 2.24. The first-order valence-electron chi connectivity index (χ1n) is 10.00. The van der Waals surface area contributed by atoms with Crippen molar-refractivity contribution in [2.75, 3.05) is 11.9 Å². The average molecular weight is 497 g/mol. The predicted molar refractivity (Wildman–Crippen MR) is 134 cm³/mol. The maximum atomic E-state index is 12.9. The van der Waals surface area contributed by atoms with Crippen LogP contribution in [0.1, 0.15) is 32.6 Å². The van der Waals surface area contributed by atoms with Crippen molar-refractivity contribution in [1.29, 1.82) is 0 Å². The molecule has 31 heavy (non-hydrogen) atoms. The van der Waals surface area contributed by atoms with Gasteiger partial charge in [-0.25, -0.2) is 0 Å². The van der Waals surface area contributed by atoms with Gasteiger partial charge in [0.1, 0.15) is 5.75 Å². The summed E-state index contributed by atoms with van der Waals surface area (Å²) in [6, 6.07) is 19.6. The molecule has 6 heteroatoms. The standard InChI is InChI=1S/C25H25BrN2O2S/c1-16-13-17(2)23(18(3)14-16)27-25(31)28-24(29)21-15-20(26)9-10-22(21)30-12-11-19-7-5-4-6-8-19/h4-10,13-15H,11-12H2,1-3H3,(H2,27,28,29,31). The molecule has 2 N–H and O–H groups in total. The molecule has 0 heterocycles. The molecule has 0 radical (unpaired) electrons. The molecule has 3 rings (SSSR count). The molecule has 1 amide bonds. The molecule has 3 aromatic carbocycles. The van der Waals surface area contributed by atoms with Gasteiger partial charge in [-0.3, -0.25) is 10.1 Å². The normalized spacial score (nSPS) is 10.5. The van der Waals surface area contributed by atoms with Gasteiger partial charge in [0.15, 0.2) is 5.11 Å². The van der Waals surface area contributed by atoms with Crippen molar-refractivity contribution in [3.8, 4) is 5.75 Å². The van der Waals surface area contributed by atoms with E-state index in [1.165, 1.54) is 11.1 Å². The largest absolute Gasteiger partial charge is 0.492 e. The van der Waals surface area contributed by atoms with Crippen LogP contribution >= 0.6 is 28.1 Å². The summed E-state index contributed by atoms with van der Waals surface area (Å²) in [5.74, 6) is 0.193. The fourth-order valence-corrected chi connectivity index (χ4v) is 3.98. The van der Waals surface area contributed by atoms with E-state index in [-0.39, 0.29) is 11.0 Å².